The van der Waals surface area contributed by atoms with Gasteiger partial charge >= 0.3 is 5.97 Å². The lowest BCUT2D eigenvalue weighted by atomic mass is 10.2. The molecular formula is C17H18BrN2O3S-. The molecule has 0 aliphatic carbocycles. The van der Waals surface area contributed by atoms with Gasteiger partial charge in [-0.15, -0.1) is 0 Å². The number of imidazole rings is 1. The van der Waals surface area contributed by atoms with Crippen LogP contribution in [0.2, 0.25) is 0 Å². The minimum atomic E-state index is -0.289. The molecule has 3 rings (SSSR count). The normalized spacial score (nSPS) is 10.5. The molecule has 0 N–H and O–H groups in total. The predicted molar refractivity (Wildman–Crippen MR) is 90.4 cm³/mol. The first-order chi connectivity index (χ1) is 11.1. The number of halogens is 1. The second-order valence-corrected chi connectivity index (χ2v) is 5.95. The van der Waals surface area contributed by atoms with Crippen LogP contribution in [0.5, 0.6) is 5.75 Å². The summed E-state index contributed by atoms with van der Waals surface area (Å²) in [5.41, 5.74) is 2.74. The van der Waals surface area contributed by atoms with Gasteiger partial charge in [-0.25, -0.2) is 9.78 Å². The first-order valence-electron chi connectivity index (χ1n) is 7.52. The van der Waals surface area contributed by atoms with Crippen LogP contribution in [0.3, 0.4) is 0 Å². The maximum absolute atomic E-state index is 11.9. The summed E-state index contributed by atoms with van der Waals surface area (Å²) in [6, 6.07) is 7.84. The van der Waals surface area contributed by atoms with Gasteiger partial charge in [0.1, 0.15) is 10.6 Å². The summed E-state index contributed by atoms with van der Waals surface area (Å²) in [7, 11) is 0. The van der Waals surface area contributed by atoms with Gasteiger partial charge in [0.15, 0.2) is 4.96 Å². The van der Waals surface area contributed by atoms with Crippen molar-refractivity contribution < 1.29 is 31.2 Å². The molecule has 24 heavy (non-hydrogen) atoms. The zero-order valence-corrected chi connectivity index (χ0v) is 16.1. The second-order valence-electron chi connectivity index (χ2n) is 4.97. The number of ether oxygens (including phenoxy) is 2. The lowest BCUT2D eigenvalue weighted by molar-refractivity contribution is -0.0000236. The van der Waals surface area contributed by atoms with Gasteiger partial charge in [-0.05, 0) is 45.0 Å². The summed E-state index contributed by atoms with van der Waals surface area (Å²) in [6.45, 7) is 6.68. The maximum Gasteiger partial charge on any atom is 0.350 e. The van der Waals surface area contributed by atoms with Crippen LogP contribution in [0.15, 0.2) is 30.5 Å². The van der Waals surface area contributed by atoms with Crippen molar-refractivity contribution in [2.24, 2.45) is 0 Å². The highest BCUT2D eigenvalue weighted by Crippen LogP contribution is 2.28. The van der Waals surface area contributed by atoms with Crippen molar-refractivity contribution in [3.05, 3.63) is 41.0 Å². The highest BCUT2D eigenvalue weighted by atomic mass is 79.9. The average molecular weight is 410 g/mol. The largest absolute Gasteiger partial charge is 1.00 e. The van der Waals surface area contributed by atoms with Crippen LogP contribution >= 0.6 is 11.3 Å². The Morgan fingerprint density at radius 3 is 2.50 bits per heavy atom. The van der Waals surface area contributed by atoms with E-state index in [4.69, 9.17) is 9.47 Å². The van der Waals surface area contributed by atoms with Crippen LogP contribution < -0.4 is 21.7 Å². The van der Waals surface area contributed by atoms with Gasteiger partial charge in [-0.1, -0.05) is 11.3 Å². The first-order valence-corrected chi connectivity index (χ1v) is 8.34. The number of hydrogen-bond donors (Lipinski definition) is 0. The Bertz CT molecular complexity index is 840. The van der Waals surface area contributed by atoms with E-state index in [1.807, 2.05) is 48.7 Å². The minimum Gasteiger partial charge on any atom is -1.00 e. The van der Waals surface area contributed by atoms with Crippen molar-refractivity contribution in [1.82, 2.24) is 9.38 Å². The number of rotatable bonds is 5. The monoisotopic (exact) mass is 409 g/mol. The Hall–Kier alpha value is -1.86. The number of esters is 1. The number of hydrogen-bond acceptors (Lipinski definition) is 5. The number of fused-ring (bicyclic) bond motifs is 1. The lowest BCUT2D eigenvalue weighted by Crippen LogP contribution is -3.00. The number of aromatic nitrogens is 2. The van der Waals surface area contributed by atoms with Gasteiger partial charge in [0, 0.05) is 17.5 Å². The third kappa shape index (κ3) is 3.47. The van der Waals surface area contributed by atoms with Gasteiger partial charge in [-0.2, -0.15) is 0 Å². The molecule has 0 saturated heterocycles. The summed E-state index contributed by atoms with van der Waals surface area (Å²) >= 11 is 1.35. The van der Waals surface area contributed by atoms with Crippen molar-refractivity contribution in [3.63, 3.8) is 0 Å². The number of nitrogens with zero attached hydrogens (tertiary/aromatic N) is 2. The van der Waals surface area contributed by atoms with E-state index in [9.17, 15) is 4.79 Å². The molecule has 0 bridgehead atoms. The Balaban J connectivity index is 0.00000208. The fourth-order valence-electron chi connectivity index (χ4n) is 2.36. The fourth-order valence-corrected chi connectivity index (χ4v) is 3.37. The molecule has 2 heterocycles. The standard InChI is InChI=1S/C17H18N2O3S.BrH/c1-4-21-13-8-6-12(7-9-13)14-10-19-11(3)15(16(20)22-5-2)23-17(19)18-14;/h6-10H,4-5H2,1-3H3;1H/p-1. The summed E-state index contributed by atoms with van der Waals surface area (Å²) < 4.78 is 12.5. The van der Waals surface area contributed by atoms with Gasteiger partial charge < -0.3 is 26.5 Å². The molecule has 7 heteroatoms. The summed E-state index contributed by atoms with van der Waals surface area (Å²) in [4.78, 5) is 17.9. The van der Waals surface area contributed by atoms with Crippen LogP contribution in [-0.2, 0) is 4.74 Å². The molecular weight excluding hydrogens is 392 g/mol. The van der Waals surface area contributed by atoms with E-state index in [0.717, 1.165) is 27.7 Å². The molecule has 2 aromatic heterocycles. The highest BCUT2D eigenvalue weighted by Gasteiger charge is 2.18. The fraction of sp³-hybridized carbons (Fsp3) is 0.294. The Kier molecular flexibility index (Phi) is 6.01. The van der Waals surface area contributed by atoms with Crippen LogP contribution in [0, 0.1) is 6.92 Å². The molecule has 0 saturated carbocycles. The maximum atomic E-state index is 11.9. The van der Waals surface area contributed by atoms with E-state index in [-0.39, 0.29) is 23.0 Å². The van der Waals surface area contributed by atoms with E-state index in [1.54, 1.807) is 6.92 Å². The molecule has 1 aromatic carbocycles. The van der Waals surface area contributed by atoms with Crippen molar-refractivity contribution in [2.75, 3.05) is 13.2 Å². The number of benzene rings is 1. The first kappa shape index (κ1) is 18.5. The third-order valence-corrected chi connectivity index (χ3v) is 4.62. The van der Waals surface area contributed by atoms with E-state index < -0.39 is 0 Å². The van der Waals surface area contributed by atoms with Crippen molar-refractivity contribution >= 4 is 22.3 Å². The third-order valence-electron chi connectivity index (χ3n) is 3.48. The smallest absolute Gasteiger partial charge is 0.350 e. The average Bonchev–Trinajstić information content (AvgIpc) is 3.09. The lowest BCUT2D eigenvalue weighted by Gasteiger charge is -2.03. The van der Waals surface area contributed by atoms with Crippen molar-refractivity contribution in [1.29, 1.82) is 0 Å². The molecule has 128 valence electrons. The van der Waals surface area contributed by atoms with E-state index >= 15 is 0 Å². The van der Waals surface area contributed by atoms with Gasteiger partial charge in [0.2, 0.25) is 0 Å². The second kappa shape index (κ2) is 7.81. The quantitative estimate of drug-likeness (QED) is 0.588. The number of thiazole rings is 1. The highest BCUT2D eigenvalue weighted by molar-refractivity contribution is 7.19. The topological polar surface area (TPSA) is 52.8 Å². The molecule has 0 aliphatic rings. The zero-order valence-electron chi connectivity index (χ0n) is 13.7. The van der Waals surface area contributed by atoms with Crippen molar-refractivity contribution in [3.8, 4) is 17.0 Å². The molecule has 0 spiro atoms. The molecule has 0 fully saturated rings. The molecule has 0 radical (unpaired) electrons. The van der Waals surface area contributed by atoms with E-state index in [0.29, 0.717) is 18.1 Å². The van der Waals surface area contributed by atoms with Gasteiger partial charge in [-0.3, -0.25) is 4.40 Å². The van der Waals surface area contributed by atoms with Crippen LogP contribution in [-0.4, -0.2) is 28.6 Å². The molecule has 0 unspecified atom stereocenters. The minimum absolute atomic E-state index is 0. The Morgan fingerprint density at radius 1 is 1.21 bits per heavy atom. The zero-order chi connectivity index (χ0) is 16.4. The van der Waals surface area contributed by atoms with Crippen molar-refractivity contribution in [2.45, 2.75) is 20.8 Å². The molecule has 3 aromatic rings. The molecule has 0 amide bonds. The van der Waals surface area contributed by atoms with Gasteiger partial charge in [0.05, 0.1) is 18.9 Å². The SMILES string of the molecule is CCOC(=O)c1sc2nc(-c3ccc(OCC)cc3)cn2c1C.[Br-]. The number of carbonyl (C=O) groups excluding carboxylic acids is 1. The summed E-state index contributed by atoms with van der Waals surface area (Å²) in [5, 5.41) is 0. The predicted octanol–water partition coefficient (Wildman–Crippen LogP) is 0.951. The Labute approximate surface area is 155 Å². The number of carbonyl (C=O) groups is 1. The summed E-state index contributed by atoms with van der Waals surface area (Å²) in [5.74, 6) is 0.557. The van der Waals surface area contributed by atoms with E-state index in [2.05, 4.69) is 4.98 Å². The molecule has 5 nitrogen and oxygen atoms in total. The summed E-state index contributed by atoms with van der Waals surface area (Å²) in [6.07, 6.45) is 1.94. The van der Waals surface area contributed by atoms with E-state index in [1.165, 1.54) is 11.3 Å². The Morgan fingerprint density at radius 2 is 1.92 bits per heavy atom. The molecule has 0 aliphatic heterocycles. The number of aryl methyl sites for hydroxylation is 1. The molecule has 0 atom stereocenters. The van der Waals surface area contributed by atoms with Crippen LogP contribution in [0.4, 0.5) is 0 Å². The van der Waals surface area contributed by atoms with Crippen LogP contribution in [0.1, 0.15) is 29.2 Å². The van der Waals surface area contributed by atoms with Gasteiger partial charge in [0.25, 0.3) is 0 Å². The van der Waals surface area contributed by atoms with Crippen LogP contribution in [0.25, 0.3) is 16.2 Å².